The normalized spacial score (nSPS) is 26.4. The first kappa shape index (κ1) is 13.7. The quantitative estimate of drug-likeness (QED) is 0.911. The van der Waals surface area contributed by atoms with Gasteiger partial charge in [-0.3, -0.25) is 0 Å². The molecule has 0 amide bonds. The fraction of sp³-hybridized carbons (Fsp3) is 0.333. The maximum absolute atomic E-state index is 3.79. The molecule has 0 spiro atoms. The third-order valence-electron chi connectivity index (χ3n) is 3.82. The van der Waals surface area contributed by atoms with Crippen molar-refractivity contribution < 1.29 is 0 Å². The highest BCUT2D eigenvalue weighted by Crippen LogP contribution is 2.37. The van der Waals surface area contributed by atoms with E-state index in [4.69, 9.17) is 0 Å². The Morgan fingerprint density at radius 3 is 2.35 bits per heavy atom. The lowest BCUT2D eigenvalue weighted by molar-refractivity contribution is 0.439. The molecule has 1 fully saturated rings. The molecule has 3 rings (SSSR count). The van der Waals surface area contributed by atoms with Crippen molar-refractivity contribution in [2.24, 2.45) is 0 Å². The van der Waals surface area contributed by atoms with Crippen LogP contribution in [0.3, 0.4) is 0 Å². The largest absolute Gasteiger partial charge is 0.309 e. The molecule has 1 nitrogen and oxygen atoms in total. The van der Waals surface area contributed by atoms with Crippen LogP contribution in [0.4, 0.5) is 0 Å². The molecule has 1 N–H and O–H groups in total. The summed E-state index contributed by atoms with van der Waals surface area (Å²) in [5.74, 6) is 1.19. The Morgan fingerprint density at radius 2 is 1.65 bits per heavy atom. The zero-order valence-corrected chi connectivity index (χ0v) is 12.6. The maximum Gasteiger partial charge on any atom is 0.0454 e. The molecule has 2 heteroatoms. The highest BCUT2D eigenvalue weighted by molar-refractivity contribution is 7.99. The average Bonchev–Trinajstić information content (AvgIpc) is 2.49. The van der Waals surface area contributed by atoms with Gasteiger partial charge in [-0.05, 0) is 24.5 Å². The van der Waals surface area contributed by atoms with Gasteiger partial charge in [-0.2, -0.15) is 11.8 Å². The molecule has 0 aliphatic carbocycles. The van der Waals surface area contributed by atoms with Gasteiger partial charge in [0.1, 0.15) is 0 Å². The number of benzene rings is 2. The second-order valence-electron chi connectivity index (χ2n) is 5.53. The van der Waals surface area contributed by atoms with Crippen LogP contribution in [0.15, 0.2) is 60.7 Å². The van der Waals surface area contributed by atoms with Gasteiger partial charge >= 0.3 is 0 Å². The number of rotatable bonds is 3. The Labute approximate surface area is 125 Å². The monoisotopic (exact) mass is 283 g/mol. The van der Waals surface area contributed by atoms with E-state index in [2.05, 4.69) is 84.7 Å². The summed E-state index contributed by atoms with van der Waals surface area (Å²) in [6, 6.07) is 22.8. The van der Waals surface area contributed by atoms with Crippen LogP contribution in [0.1, 0.15) is 23.3 Å². The standard InChI is InChI=1S/C18H21NS/c1-14-13-20-18(16-10-6-3-7-11-16)17(19-14)12-15-8-4-2-5-9-15/h2-11,14,17-19H,12-13H2,1H3. The smallest absolute Gasteiger partial charge is 0.0454 e. The molecule has 2 aromatic rings. The van der Waals surface area contributed by atoms with Gasteiger partial charge in [0.05, 0.1) is 0 Å². The summed E-state index contributed by atoms with van der Waals surface area (Å²) in [5.41, 5.74) is 2.86. The third-order valence-corrected chi connectivity index (χ3v) is 5.47. The van der Waals surface area contributed by atoms with Crippen molar-refractivity contribution in [3.05, 3.63) is 71.8 Å². The third kappa shape index (κ3) is 3.25. The summed E-state index contributed by atoms with van der Waals surface area (Å²) in [6.45, 7) is 2.28. The van der Waals surface area contributed by atoms with Gasteiger partial charge in [-0.15, -0.1) is 0 Å². The van der Waals surface area contributed by atoms with Gasteiger partial charge in [0, 0.05) is 23.1 Å². The minimum absolute atomic E-state index is 0.508. The summed E-state index contributed by atoms with van der Waals surface area (Å²) in [6.07, 6.45) is 1.09. The maximum atomic E-state index is 3.79. The Balaban J connectivity index is 1.80. The van der Waals surface area contributed by atoms with E-state index < -0.39 is 0 Å². The SMILES string of the molecule is CC1CSC(c2ccccc2)C(Cc2ccccc2)N1. The van der Waals surface area contributed by atoms with E-state index in [-0.39, 0.29) is 0 Å². The summed E-state index contributed by atoms with van der Waals surface area (Å²) >= 11 is 2.09. The molecule has 3 unspecified atom stereocenters. The molecule has 1 heterocycles. The fourth-order valence-electron chi connectivity index (χ4n) is 2.87. The fourth-order valence-corrected chi connectivity index (χ4v) is 4.22. The van der Waals surface area contributed by atoms with Crippen LogP contribution in [-0.2, 0) is 6.42 Å². The van der Waals surface area contributed by atoms with Crippen molar-refractivity contribution in [1.29, 1.82) is 0 Å². The number of nitrogens with one attached hydrogen (secondary N) is 1. The molecule has 104 valence electrons. The Morgan fingerprint density at radius 1 is 1.00 bits per heavy atom. The van der Waals surface area contributed by atoms with Crippen molar-refractivity contribution in [1.82, 2.24) is 5.32 Å². The zero-order valence-electron chi connectivity index (χ0n) is 11.8. The summed E-state index contributed by atoms with van der Waals surface area (Å²) < 4.78 is 0. The highest BCUT2D eigenvalue weighted by atomic mass is 32.2. The lowest BCUT2D eigenvalue weighted by atomic mass is 9.97. The molecule has 0 radical (unpaired) electrons. The molecular formula is C18H21NS. The molecule has 1 aliphatic heterocycles. The Hall–Kier alpha value is -1.25. The first-order chi connectivity index (χ1) is 9.83. The van der Waals surface area contributed by atoms with Crippen molar-refractivity contribution in [2.45, 2.75) is 30.7 Å². The minimum Gasteiger partial charge on any atom is -0.309 e. The molecule has 0 bridgehead atoms. The van der Waals surface area contributed by atoms with E-state index in [0.717, 1.165) is 6.42 Å². The summed E-state index contributed by atoms with van der Waals surface area (Å²) in [4.78, 5) is 0. The van der Waals surface area contributed by atoms with E-state index in [1.165, 1.54) is 16.9 Å². The van der Waals surface area contributed by atoms with Gasteiger partial charge in [-0.25, -0.2) is 0 Å². The van der Waals surface area contributed by atoms with Crippen LogP contribution in [0.5, 0.6) is 0 Å². The molecule has 20 heavy (non-hydrogen) atoms. The van der Waals surface area contributed by atoms with E-state index in [9.17, 15) is 0 Å². The van der Waals surface area contributed by atoms with Crippen LogP contribution >= 0.6 is 11.8 Å². The Kier molecular flexibility index (Phi) is 4.44. The first-order valence-electron chi connectivity index (χ1n) is 7.29. The van der Waals surface area contributed by atoms with Crippen LogP contribution < -0.4 is 5.32 Å². The Bertz CT molecular complexity index is 526. The summed E-state index contributed by atoms with van der Waals surface area (Å²) in [5, 5.41) is 4.34. The van der Waals surface area contributed by atoms with E-state index in [1.54, 1.807) is 0 Å². The van der Waals surface area contributed by atoms with Gasteiger partial charge < -0.3 is 5.32 Å². The van der Waals surface area contributed by atoms with Gasteiger partial charge in [0.2, 0.25) is 0 Å². The predicted octanol–water partition coefficient (Wildman–Crippen LogP) is 4.06. The second-order valence-corrected chi connectivity index (χ2v) is 6.70. The number of hydrogen-bond acceptors (Lipinski definition) is 2. The van der Waals surface area contributed by atoms with Crippen molar-refractivity contribution in [3.63, 3.8) is 0 Å². The van der Waals surface area contributed by atoms with E-state index in [0.29, 0.717) is 17.3 Å². The number of hydrogen-bond donors (Lipinski definition) is 1. The van der Waals surface area contributed by atoms with Crippen molar-refractivity contribution in [3.8, 4) is 0 Å². The zero-order chi connectivity index (χ0) is 13.8. The topological polar surface area (TPSA) is 12.0 Å². The van der Waals surface area contributed by atoms with Crippen molar-refractivity contribution >= 4 is 11.8 Å². The van der Waals surface area contributed by atoms with Gasteiger partial charge in [0.15, 0.2) is 0 Å². The van der Waals surface area contributed by atoms with Crippen molar-refractivity contribution in [2.75, 3.05) is 5.75 Å². The molecule has 0 aromatic heterocycles. The van der Waals surface area contributed by atoms with Crippen LogP contribution in [0.2, 0.25) is 0 Å². The summed E-state index contributed by atoms with van der Waals surface area (Å²) in [7, 11) is 0. The van der Waals surface area contributed by atoms with Gasteiger partial charge in [-0.1, -0.05) is 60.7 Å². The molecule has 1 aliphatic rings. The van der Waals surface area contributed by atoms with E-state index in [1.807, 2.05) is 0 Å². The average molecular weight is 283 g/mol. The molecule has 1 saturated heterocycles. The van der Waals surface area contributed by atoms with Crippen LogP contribution in [0, 0.1) is 0 Å². The second kappa shape index (κ2) is 6.47. The molecule has 0 saturated carbocycles. The van der Waals surface area contributed by atoms with Gasteiger partial charge in [0.25, 0.3) is 0 Å². The lowest BCUT2D eigenvalue weighted by Crippen LogP contribution is -2.46. The van der Waals surface area contributed by atoms with Crippen LogP contribution in [-0.4, -0.2) is 17.8 Å². The number of thioether (sulfide) groups is 1. The lowest BCUT2D eigenvalue weighted by Gasteiger charge is -2.36. The molecular weight excluding hydrogens is 262 g/mol. The highest BCUT2D eigenvalue weighted by Gasteiger charge is 2.29. The molecule has 2 aromatic carbocycles. The molecule has 3 atom stereocenters. The first-order valence-corrected chi connectivity index (χ1v) is 8.34. The predicted molar refractivity (Wildman–Crippen MR) is 88.2 cm³/mol. The van der Waals surface area contributed by atoms with E-state index >= 15 is 0 Å². The van der Waals surface area contributed by atoms with Crippen LogP contribution in [0.25, 0.3) is 0 Å². The minimum atomic E-state index is 0.508.